The molecule has 2 fully saturated rings. The number of aromatic nitrogens is 3. The predicted molar refractivity (Wildman–Crippen MR) is 92.4 cm³/mol. The van der Waals surface area contributed by atoms with E-state index >= 15 is 0 Å². The van der Waals surface area contributed by atoms with Crippen LogP contribution in [0.15, 0.2) is 5.16 Å². The molecule has 2 N–H and O–H groups in total. The van der Waals surface area contributed by atoms with Crippen molar-refractivity contribution in [3.8, 4) is 0 Å². The first-order valence-electron chi connectivity index (χ1n) is 9.10. The van der Waals surface area contributed by atoms with Crippen LogP contribution in [-0.4, -0.2) is 33.4 Å². The first-order valence-corrected chi connectivity index (χ1v) is 10.1. The number of thioether (sulfide) groups is 1. The van der Waals surface area contributed by atoms with Gasteiger partial charge in [-0.1, -0.05) is 56.7 Å². The smallest absolute Gasteiger partial charge is 0.230 e. The average Bonchev–Trinajstić information content (AvgIpc) is 3.24. The van der Waals surface area contributed by atoms with Gasteiger partial charge in [-0.3, -0.25) is 9.89 Å². The molecule has 1 aromatic heterocycles. The molecule has 1 amide bonds. The summed E-state index contributed by atoms with van der Waals surface area (Å²) in [6, 6.07) is 0. The summed E-state index contributed by atoms with van der Waals surface area (Å²) in [6.07, 6.45) is 12.8. The molecule has 0 unspecified atom stereocenters. The Hall–Kier alpha value is -1.04. The summed E-state index contributed by atoms with van der Waals surface area (Å²) in [5.41, 5.74) is 0. The van der Waals surface area contributed by atoms with E-state index in [-0.39, 0.29) is 5.91 Å². The van der Waals surface area contributed by atoms with Crippen LogP contribution < -0.4 is 5.32 Å². The van der Waals surface area contributed by atoms with Gasteiger partial charge in [-0.25, -0.2) is 4.98 Å². The lowest BCUT2D eigenvalue weighted by Crippen LogP contribution is -2.31. The molecule has 5 nitrogen and oxygen atoms in total. The van der Waals surface area contributed by atoms with Gasteiger partial charge in [0, 0.05) is 13.0 Å². The zero-order valence-corrected chi connectivity index (χ0v) is 14.7. The predicted octanol–water partition coefficient (Wildman–Crippen LogP) is 3.33. The summed E-state index contributed by atoms with van der Waals surface area (Å²) in [6.45, 7) is 0.834. The fourth-order valence-corrected chi connectivity index (χ4v) is 4.40. The maximum atomic E-state index is 11.9. The fraction of sp³-hybridized carbons (Fsp3) is 0.824. The lowest BCUT2D eigenvalue weighted by Gasteiger charge is -2.21. The van der Waals surface area contributed by atoms with Crippen molar-refractivity contribution >= 4 is 17.7 Å². The Bertz CT molecular complexity index is 493. The summed E-state index contributed by atoms with van der Waals surface area (Å²) >= 11 is 1.43. The topological polar surface area (TPSA) is 70.7 Å². The average molecular weight is 337 g/mol. The zero-order valence-electron chi connectivity index (χ0n) is 13.9. The Morgan fingerprint density at radius 2 is 1.78 bits per heavy atom. The maximum absolute atomic E-state index is 11.9. The van der Waals surface area contributed by atoms with Crippen molar-refractivity contribution in [1.29, 1.82) is 0 Å². The van der Waals surface area contributed by atoms with Crippen LogP contribution in [0.25, 0.3) is 0 Å². The van der Waals surface area contributed by atoms with Crippen molar-refractivity contribution in [2.75, 3.05) is 12.3 Å². The van der Waals surface area contributed by atoms with Gasteiger partial charge >= 0.3 is 0 Å². The molecule has 0 radical (unpaired) electrons. The van der Waals surface area contributed by atoms with Crippen LogP contribution in [0.2, 0.25) is 0 Å². The summed E-state index contributed by atoms with van der Waals surface area (Å²) in [5, 5.41) is 11.0. The summed E-state index contributed by atoms with van der Waals surface area (Å²) in [7, 11) is 0. The van der Waals surface area contributed by atoms with Crippen LogP contribution >= 0.6 is 11.8 Å². The SMILES string of the molecule is O=C(CSc1n[nH]c(CC2CCCC2)n1)NCC1CCCCC1. The highest BCUT2D eigenvalue weighted by molar-refractivity contribution is 7.99. The number of nitrogens with one attached hydrogen (secondary N) is 2. The van der Waals surface area contributed by atoms with Gasteiger partial charge in [0.2, 0.25) is 11.1 Å². The molecule has 2 saturated carbocycles. The number of rotatable bonds is 7. The second kappa shape index (κ2) is 8.71. The van der Waals surface area contributed by atoms with Gasteiger partial charge in [-0.2, -0.15) is 0 Å². The maximum Gasteiger partial charge on any atom is 0.230 e. The molecule has 0 atom stereocenters. The molecule has 3 rings (SSSR count). The molecule has 0 aromatic carbocycles. The zero-order chi connectivity index (χ0) is 15.9. The van der Waals surface area contributed by atoms with E-state index in [4.69, 9.17) is 0 Å². The Morgan fingerprint density at radius 3 is 2.57 bits per heavy atom. The number of hydrogen-bond donors (Lipinski definition) is 2. The second-order valence-corrected chi connectivity index (χ2v) is 7.96. The number of aromatic amines is 1. The van der Waals surface area contributed by atoms with Crippen LogP contribution in [0.4, 0.5) is 0 Å². The Morgan fingerprint density at radius 1 is 1.09 bits per heavy atom. The van der Waals surface area contributed by atoms with Gasteiger partial charge in [0.25, 0.3) is 0 Å². The summed E-state index contributed by atoms with van der Waals surface area (Å²) < 4.78 is 0. The van der Waals surface area contributed by atoms with E-state index in [2.05, 4.69) is 20.5 Å². The first kappa shape index (κ1) is 16.8. The third-order valence-corrected chi connectivity index (χ3v) is 5.96. The largest absolute Gasteiger partial charge is 0.355 e. The molecule has 1 heterocycles. The molecule has 128 valence electrons. The molecular weight excluding hydrogens is 308 g/mol. The molecule has 0 spiro atoms. The van der Waals surface area contributed by atoms with Crippen molar-refractivity contribution in [3.05, 3.63) is 5.82 Å². The third-order valence-electron chi connectivity index (χ3n) is 5.11. The van der Waals surface area contributed by atoms with E-state index in [1.54, 1.807) is 0 Å². The van der Waals surface area contributed by atoms with Gasteiger partial charge in [-0.15, -0.1) is 5.10 Å². The van der Waals surface area contributed by atoms with Crippen LogP contribution in [-0.2, 0) is 11.2 Å². The minimum Gasteiger partial charge on any atom is -0.355 e. The highest BCUT2D eigenvalue weighted by Crippen LogP contribution is 2.27. The molecule has 0 bridgehead atoms. The Kier molecular flexibility index (Phi) is 6.37. The van der Waals surface area contributed by atoms with Crippen LogP contribution in [0.1, 0.15) is 63.6 Å². The number of amides is 1. The van der Waals surface area contributed by atoms with E-state index in [0.29, 0.717) is 16.8 Å². The number of carbonyl (C=O) groups is 1. The van der Waals surface area contributed by atoms with Gasteiger partial charge in [0.05, 0.1) is 5.75 Å². The molecule has 2 aliphatic rings. The number of nitrogens with zero attached hydrogens (tertiary/aromatic N) is 2. The fourth-order valence-electron chi connectivity index (χ4n) is 3.75. The quantitative estimate of drug-likeness (QED) is 0.749. The Balaban J connectivity index is 1.34. The summed E-state index contributed by atoms with van der Waals surface area (Å²) in [4.78, 5) is 16.5. The van der Waals surface area contributed by atoms with Crippen molar-refractivity contribution in [2.45, 2.75) is 69.4 Å². The Labute approximate surface area is 142 Å². The molecule has 0 saturated heterocycles. The van der Waals surface area contributed by atoms with E-state index in [0.717, 1.165) is 24.7 Å². The molecule has 1 aromatic rings. The van der Waals surface area contributed by atoms with Crippen LogP contribution in [0, 0.1) is 11.8 Å². The van der Waals surface area contributed by atoms with Gasteiger partial charge in [0.15, 0.2) is 0 Å². The van der Waals surface area contributed by atoms with Crippen LogP contribution in [0.3, 0.4) is 0 Å². The monoisotopic (exact) mass is 336 g/mol. The number of H-pyrrole nitrogens is 1. The lowest BCUT2D eigenvalue weighted by atomic mass is 9.89. The van der Waals surface area contributed by atoms with E-state index in [1.807, 2.05) is 0 Å². The van der Waals surface area contributed by atoms with Crippen molar-refractivity contribution in [3.63, 3.8) is 0 Å². The van der Waals surface area contributed by atoms with Gasteiger partial charge < -0.3 is 5.32 Å². The van der Waals surface area contributed by atoms with Crippen molar-refractivity contribution in [1.82, 2.24) is 20.5 Å². The molecule has 2 aliphatic carbocycles. The number of hydrogen-bond acceptors (Lipinski definition) is 4. The highest BCUT2D eigenvalue weighted by atomic mass is 32.2. The summed E-state index contributed by atoms with van der Waals surface area (Å²) in [5.74, 6) is 2.93. The minimum absolute atomic E-state index is 0.0997. The third kappa shape index (κ3) is 5.52. The standard InChI is InChI=1S/C17H28N4OS/c22-16(18-11-14-8-2-1-3-9-14)12-23-17-19-15(20-21-17)10-13-6-4-5-7-13/h13-14H,1-12H2,(H,18,22)(H,19,20,21). The molecule has 23 heavy (non-hydrogen) atoms. The van der Waals surface area contributed by atoms with Gasteiger partial charge in [0.1, 0.15) is 5.82 Å². The van der Waals surface area contributed by atoms with Gasteiger partial charge in [-0.05, 0) is 24.7 Å². The highest BCUT2D eigenvalue weighted by Gasteiger charge is 2.18. The normalized spacial score (nSPS) is 20.0. The van der Waals surface area contributed by atoms with Crippen molar-refractivity contribution < 1.29 is 4.79 Å². The van der Waals surface area contributed by atoms with Crippen LogP contribution in [0.5, 0.6) is 0 Å². The lowest BCUT2D eigenvalue weighted by molar-refractivity contribution is -0.118. The van der Waals surface area contributed by atoms with E-state index in [9.17, 15) is 4.79 Å². The molecule has 0 aliphatic heterocycles. The number of carbonyl (C=O) groups excluding carboxylic acids is 1. The first-order chi connectivity index (χ1) is 11.3. The van der Waals surface area contributed by atoms with Crippen molar-refractivity contribution in [2.24, 2.45) is 11.8 Å². The minimum atomic E-state index is 0.0997. The second-order valence-electron chi connectivity index (χ2n) is 7.02. The molecule has 6 heteroatoms. The van der Waals surface area contributed by atoms with E-state index < -0.39 is 0 Å². The van der Waals surface area contributed by atoms with E-state index in [1.165, 1.54) is 69.5 Å². The molecular formula is C17H28N4OS.